The largest absolute Gasteiger partial charge is 0.495 e. The maximum atomic E-state index is 14.1. The van der Waals surface area contributed by atoms with E-state index in [1.54, 1.807) is 7.11 Å². The van der Waals surface area contributed by atoms with Gasteiger partial charge in [0.1, 0.15) is 16.8 Å². The molecule has 0 spiro atoms. The second-order valence-electron chi connectivity index (χ2n) is 12.6. The van der Waals surface area contributed by atoms with Crippen molar-refractivity contribution in [2.45, 2.75) is 63.5 Å². The van der Waals surface area contributed by atoms with Crippen molar-refractivity contribution in [3.8, 4) is 16.9 Å². The van der Waals surface area contributed by atoms with Gasteiger partial charge in [-0.15, -0.1) is 0 Å². The summed E-state index contributed by atoms with van der Waals surface area (Å²) < 4.78 is 34.2. The lowest BCUT2D eigenvalue weighted by Crippen LogP contribution is -2.52. The minimum Gasteiger partial charge on any atom is -0.495 e. The SMILES string of the molecule is CCc1nc2c(NC)ncc(-c3ccc(N4CCC(N5CCN(C)CC5)CC4)c(OC)c3)c2nc1N(C)C1CCC(F)(F)C1. The van der Waals surface area contributed by atoms with Crippen LogP contribution in [0.5, 0.6) is 5.75 Å². The van der Waals surface area contributed by atoms with Crippen molar-refractivity contribution in [1.29, 1.82) is 0 Å². The first-order chi connectivity index (χ1) is 21.2. The van der Waals surface area contributed by atoms with Gasteiger partial charge in [-0.05, 0) is 50.4 Å². The zero-order valence-electron chi connectivity index (χ0n) is 26.7. The second kappa shape index (κ2) is 12.6. The highest BCUT2D eigenvalue weighted by Gasteiger charge is 2.42. The number of aryl methyl sites for hydroxylation is 1. The average Bonchev–Trinajstić information content (AvgIpc) is 3.42. The molecule has 3 aromatic rings. The molecule has 1 saturated carbocycles. The fourth-order valence-corrected chi connectivity index (χ4v) is 7.17. The number of ether oxygens (including phenoxy) is 1. The van der Waals surface area contributed by atoms with E-state index < -0.39 is 5.92 Å². The molecule has 3 aliphatic rings. The first kappa shape index (κ1) is 30.7. The summed E-state index contributed by atoms with van der Waals surface area (Å²) in [6, 6.07) is 6.67. The Labute approximate surface area is 259 Å². The molecule has 44 heavy (non-hydrogen) atoms. The summed E-state index contributed by atoms with van der Waals surface area (Å²) in [5.74, 6) is -0.527. The number of aromatic nitrogens is 3. The predicted octanol–water partition coefficient (Wildman–Crippen LogP) is 5.14. The highest BCUT2D eigenvalue weighted by molar-refractivity contribution is 5.98. The fraction of sp³-hybridized carbons (Fsp3) is 0.606. The molecule has 9 nitrogen and oxygen atoms in total. The first-order valence-electron chi connectivity index (χ1n) is 16.0. The van der Waals surface area contributed by atoms with Crippen LogP contribution in [0.3, 0.4) is 0 Å². The monoisotopic (exact) mass is 608 g/mol. The van der Waals surface area contributed by atoms with Gasteiger partial charge in [0.25, 0.3) is 0 Å². The van der Waals surface area contributed by atoms with Crippen LogP contribution >= 0.6 is 0 Å². The minimum absolute atomic E-state index is 0.0940. The number of anilines is 3. The Morgan fingerprint density at radius 1 is 1.05 bits per heavy atom. The summed E-state index contributed by atoms with van der Waals surface area (Å²) in [5.41, 5.74) is 5.00. The Morgan fingerprint density at radius 2 is 1.80 bits per heavy atom. The number of fused-ring (bicyclic) bond motifs is 1. The topological polar surface area (TPSA) is 72.9 Å². The van der Waals surface area contributed by atoms with Gasteiger partial charge in [-0.25, -0.2) is 23.7 Å². The predicted molar refractivity (Wildman–Crippen MR) is 174 cm³/mol. The van der Waals surface area contributed by atoms with E-state index in [9.17, 15) is 8.78 Å². The quantitative estimate of drug-likeness (QED) is 0.374. The Kier molecular flexibility index (Phi) is 8.79. The van der Waals surface area contributed by atoms with Crippen LogP contribution in [0.15, 0.2) is 24.4 Å². The van der Waals surface area contributed by atoms with E-state index in [-0.39, 0.29) is 18.9 Å². The molecule has 4 heterocycles. The molecule has 11 heteroatoms. The Bertz CT molecular complexity index is 1470. The molecule has 0 amide bonds. The third-order valence-electron chi connectivity index (χ3n) is 9.93. The standard InChI is InChI=1S/C33H46F2N8O/c1-6-26-32(41(4)24-9-12-33(34,35)20-24)39-29-25(21-37-31(36-2)30(29)38-26)22-7-8-27(28(19-22)44-5)43-13-10-23(11-14-43)42-17-15-40(3)16-18-42/h7-8,19,21,23-24H,6,9-18,20H2,1-5H3,(H,36,37). The average molecular weight is 609 g/mol. The van der Waals surface area contributed by atoms with Gasteiger partial charge in [-0.2, -0.15) is 0 Å². The molecular weight excluding hydrogens is 562 g/mol. The van der Waals surface area contributed by atoms with Crippen LogP contribution < -0.4 is 19.9 Å². The van der Waals surface area contributed by atoms with Gasteiger partial charge in [0.15, 0.2) is 11.6 Å². The van der Waals surface area contributed by atoms with E-state index in [2.05, 4.69) is 50.2 Å². The maximum absolute atomic E-state index is 14.1. The van der Waals surface area contributed by atoms with E-state index in [1.807, 2.05) is 32.1 Å². The highest BCUT2D eigenvalue weighted by atomic mass is 19.3. The van der Waals surface area contributed by atoms with Crippen LogP contribution in [-0.2, 0) is 6.42 Å². The molecule has 1 N–H and O–H groups in total. The molecule has 2 aromatic heterocycles. The van der Waals surface area contributed by atoms with Gasteiger partial charge < -0.3 is 24.8 Å². The molecule has 1 aromatic carbocycles. The van der Waals surface area contributed by atoms with Crippen molar-refractivity contribution in [2.75, 3.05) is 82.6 Å². The Balaban J connectivity index is 1.30. The van der Waals surface area contributed by atoms with Crippen molar-refractivity contribution in [3.63, 3.8) is 0 Å². The van der Waals surface area contributed by atoms with Gasteiger partial charge in [0.2, 0.25) is 5.92 Å². The van der Waals surface area contributed by atoms with Crippen LogP contribution in [0, 0.1) is 0 Å². The molecule has 0 bridgehead atoms. The van der Waals surface area contributed by atoms with Crippen molar-refractivity contribution >= 4 is 28.4 Å². The van der Waals surface area contributed by atoms with Crippen LogP contribution in [0.1, 0.15) is 44.7 Å². The van der Waals surface area contributed by atoms with E-state index in [1.165, 1.54) is 0 Å². The Morgan fingerprint density at radius 3 is 2.43 bits per heavy atom. The molecule has 0 radical (unpaired) electrons. The summed E-state index contributed by atoms with van der Waals surface area (Å²) in [7, 11) is 7.61. The summed E-state index contributed by atoms with van der Waals surface area (Å²) >= 11 is 0. The number of rotatable bonds is 8. The number of hydrogen-bond donors (Lipinski definition) is 1. The Hall–Kier alpha value is -3.31. The summed E-state index contributed by atoms with van der Waals surface area (Å²) in [6.45, 7) is 8.61. The van der Waals surface area contributed by atoms with Crippen molar-refractivity contribution in [2.24, 2.45) is 0 Å². The first-order valence-corrected chi connectivity index (χ1v) is 16.0. The van der Waals surface area contributed by atoms with Gasteiger partial charge in [0.05, 0.1) is 18.5 Å². The normalized spacial score (nSPS) is 21.6. The number of halogens is 2. The number of pyridine rings is 1. The molecular formula is C33H46F2N8O. The highest BCUT2D eigenvalue weighted by Crippen LogP contribution is 2.41. The van der Waals surface area contributed by atoms with Gasteiger partial charge in [-0.1, -0.05) is 13.0 Å². The van der Waals surface area contributed by atoms with Crippen molar-refractivity contribution < 1.29 is 13.5 Å². The number of methoxy groups -OCH3 is 1. The third-order valence-corrected chi connectivity index (χ3v) is 9.93. The lowest BCUT2D eigenvalue weighted by atomic mass is 10.00. The lowest BCUT2D eigenvalue weighted by Gasteiger charge is -2.42. The maximum Gasteiger partial charge on any atom is 0.250 e. The van der Waals surface area contributed by atoms with Crippen LogP contribution in [-0.4, -0.2) is 110 Å². The third kappa shape index (κ3) is 6.00. The number of nitrogens with zero attached hydrogens (tertiary/aromatic N) is 7. The molecule has 1 atom stereocenters. The molecule has 6 rings (SSSR count). The number of hydrogen-bond acceptors (Lipinski definition) is 9. The smallest absolute Gasteiger partial charge is 0.250 e. The van der Waals surface area contributed by atoms with E-state index in [0.29, 0.717) is 41.6 Å². The number of alkyl halides is 2. The van der Waals surface area contributed by atoms with E-state index in [4.69, 9.17) is 14.7 Å². The van der Waals surface area contributed by atoms with Crippen molar-refractivity contribution in [3.05, 3.63) is 30.1 Å². The number of piperazine rings is 1. The fourth-order valence-electron chi connectivity index (χ4n) is 7.17. The van der Waals surface area contributed by atoms with E-state index in [0.717, 1.165) is 80.4 Å². The minimum atomic E-state index is -2.64. The van der Waals surface area contributed by atoms with Crippen LogP contribution in [0.2, 0.25) is 0 Å². The lowest BCUT2D eigenvalue weighted by molar-refractivity contribution is 0.00785. The summed E-state index contributed by atoms with van der Waals surface area (Å²) in [4.78, 5) is 24.2. The molecule has 2 saturated heterocycles. The van der Waals surface area contributed by atoms with Gasteiger partial charge in [0, 0.05) is 90.0 Å². The van der Waals surface area contributed by atoms with Crippen LogP contribution in [0.25, 0.3) is 22.2 Å². The summed E-state index contributed by atoms with van der Waals surface area (Å²) in [6.07, 6.45) is 4.92. The number of benzene rings is 1. The molecule has 3 fully saturated rings. The van der Waals surface area contributed by atoms with Crippen LogP contribution in [0.4, 0.5) is 26.1 Å². The molecule has 1 unspecified atom stereocenters. The second-order valence-corrected chi connectivity index (χ2v) is 12.6. The zero-order chi connectivity index (χ0) is 31.0. The summed E-state index contributed by atoms with van der Waals surface area (Å²) in [5, 5.41) is 3.15. The number of piperidine rings is 1. The van der Waals surface area contributed by atoms with Crippen molar-refractivity contribution in [1.82, 2.24) is 24.8 Å². The number of nitrogens with one attached hydrogen (secondary N) is 1. The zero-order valence-corrected chi connectivity index (χ0v) is 26.7. The molecule has 1 aliphatic carbocycles. The van der Waals surface area contributed by atoms with Gasteiger partial charge in [-0.3, -0.25) is 4.90 Å². The molecule has 2 aliphatic heterocycles. The molecule has 238 valence electrons. The van der Waals surface area contributed by atoms with E-state index >= 15 is 0 Å². The van der Waals surface area contributed by atoms with Gasteiger partial charge >= 0.3 is 0 Å². The number of likely N-dealkylation sites (N-methyl/N-ethyl adjacent to an activating group) is 1.